The monoisotopic (exact) mass is 336 g/mol. The van der Waals surface area contributed by atoms with Crippen LogP contribution in [0.15, 0.2) is 22.7 Å². The fourth-order valence-corrected chi connectivity index (χ4v) is 4.38. The highest BCUT2D eigenvalue weighted by Gasteiger charge is 2.32. The van der Waals surface area contributed by atoms with E-state index in [9.17, 15) is 0 Å². The van der Waals surface area contributed by atoms with Gasteiger partial charge in [-0.25, -0.2) is 0 Å². The summed E-state index contributed by atoms with van der Waals surface area (Å²) in [7, 11) is 0. The Labute approximate surface area is 130 Å². The predicted octanol–water partition coefficient (Wildman–Crippen LogP) is 3.37. The highest BCUT2D eigenvalue weighted by atomic mass is 79.9. The summed E-state index contributed by atoms with van der Waals surface area (Å²) in [5.41, 5.74) is 9.10. The molecule has 1 aliphatic carbocycles. The molecule has 1 aromatic carbocycles. The van der Waals surface area contributed by atoms with Crippen LogP contribution in [0.3, 0.4) is 0 Å². The smallest absolute Gasteiger partial charge is 0.0224 e. The Morgan fingerprint density at radius 1 is 1.30 bits per heavy atom. The van der Waals surface area contributed by atoms with Crippen molar-refractivity contribution in [1.29, 1.82) is 0 Å². The molecule has 3 heteroatoms. The van der Waals surface area contributed by atoms with Crippen molar-refractivity contribution in [2.45, 2.75) is 51.1 Å². The van der Waals surface area contributed by atoms with Crippen LogP contribution < -0.4 is 5.73 Å². The van der Waals surface area contributed by atoms with Gasteiger partial charge in [0.05, 0.1) is 0 Å². The first-order chi connectivity index (χ1) is 9.67. The van der Waals surface area contributed by atoms with Crippen molar-refractivity contribution >= 4 is 15.9 Å². The third-order valence-corrected chi connectivity index (χ3v) is 5.63. The molecule has 0 saturated carbocycles. The van der Waals surface area contributed by atoms with E-state index in [2.05, 4.69) is 46.0 Å². The molecule has 0 amide bonds. The Morgan fingerprint density at radius 2 is 2.15 bits per heavy atom. The zero-order chi connectivity index (χ0) is 14.1. The minimum absolute atomic E-state index is 0.598. The molecule has 1 saturated heterocycles. The zero-order valence-electron chi connectivity index (χ0n) is 12.3. The molecule has 1 fully saturated rings. The number of likely N-dealkylation sites (tertiary alicyclic amines) is 1. The predicted molar refractivity (Wildman–Crippen MR) is 87.9 cm³/mol. The molecule has 3 rings (SSSR count). The first kappa shape index (κ1) is 14.6. The van der Waals surface area contributed by atoms with E-state index < -0.39 is 0 Å². The number of nitrogens with zero attached hydrogens (tertiary/aromatic N) is 1. The maximum absolute atomic E-state index is 6.03. The Morgan fingerprint density at radius 3 is 2.95 bits per heavy atom. The van der Waals surface area contributed by atoms with Gasteiger partial charge in [-0.3, -0.25) is 4.90 Å². The van der Waals surface area contributed by atoms with Crippen molar-refractivity contribution in [3.8, 4) is 0 Å². The summed E-state index contributed by atoms with van der Waals surface area (Å²) in [5, 5.41) is 0. The van der Waals surface area contributed by atoms with Gasteiger partial charge in [0.25, 0.3) is 0 Å². The van der Waals surface area contributed by atoms with Crippen LogP contribution in [0.4, 0.5) is 0 Å². The van der Waals surface area contributed by atoms with Crippen LogP contribution >= 0.6 is 15.9 Å². The van der Waals surface area contributed by atoms with Gasteiger partial charge in [-0.1, -0.05) is 28.9 Å². The molecule has 110 valence electrons. The number of aryl methyl sites for hydroxylation is 1. The molecular formula is C17H25BrN2. The molecule has 1 heterocycles. The molecule has 0 radical (unpaired) electrons. The van der Waals surface area contributed by atoms with E-state index in [-0.39, 0.29) is 0 Å². The van der Waals surface area contributed by atoms with Crippen molar-refractivity contribution in [2.24, 2.45) is 11.7 Å². The highest BCUT2D eigenvalue weighted by Crippen LogP contribution is 2.31. The fourth-order valence-electron chi connectivity index (χ4n) is 3.97. The molecule has 2 aliphatic rings. The molecule has 2 N–H and O–H groups in total. The molecule has 1 aromatic rings. The highest BCUT2D eigenvalue weighted by molar-refractivity contribution is 9.10. The molecule has 0 spiro atoms. The maximum Gasteiger partial charge on any atom is 0.0224 e. The topological polar surface area (TPSA) is 29.3 Å². The van der Waals surface area contributed by atoms with Crippen molar-refractivity contribution in [1.82, 2.24) is 4.90 Å². The van der Waals surface area contributed by atoms with Gasteiger partial charge >= 0.3 is 0 Å². The van der Waals surface area contributed by atoms with E-state index >= 15 is 0 Å². The number of fused-ring (bicyclic) bond motifs is 1. The number of piperidine rings is 1. The van der Waals surface area contributed by atoms with Gasteiger partial charge in [0.1, 0.15) is 0 Å². The summed E-state index contributed by atoms with van der Waals surface area (Å²) in [6.45, 7) is 4.42. The summed E-state index contributed by atoms with van der Waals surface area (Å²) in [5.74, 6) is 0.839. The van der Waals surface area contributed by atoms with Crippen molar-refractivity contribution < 1.29 is 0 Å². The van der Waals surface area contributed by atoms with Crippen LogP contribution in [0.1, 0.15) is 37.3 Å². The van der Waals surface area contributed by atoms with Crippen LogP contribution in [0.5, 0.6) is 0 Å². The Bertz CT molecular complexity index is 474. The Balaban J connectivity index is 1.74. The third-order valence-electron chi connectivity index (χ3n) is 5.14. The van der Waals surface area contributed by atoms with Crippen molar-refractivity contribution in [3.63, 3.8) is 0 Å². The lowest BCUT2D eigenvalue weighted by atomic mass is 9.84. The normalized spacial score (nSPS) is 31.1. The number of benzene rings is 1. The average Bonchev–Trinajstić information content (AvgIpc) is 2.46. The SMILES string of the molecule is CC1CCN(C2CCc3cc(Br)ccc3C2)C(CN)C1. The largest absolute Gasteiger partial charge is 0.329 e. The molecular weight excluding hydrogens is 312 g/mol. The van der Waals surface area contributed by atoms with E-state index in [0.717, 1.165) is 12.5 Å². The molecule has 3 unspecified atom stereocenters. The minimum Gasteiger partial charge on any atom is -0.329 e. The third kappa shape index (κ3) is 2.95. The molecule has 2 nitrogen and oxygen atoms in total. The van der Waals surface area contributed by atoms with E-state index in [1.807, 2.05) is 0 Å². The molecule has 3 atom stereocenters. The minimum atomic E-state index is 0.598. The number of rotatable bonds is 2. The van der Waals surface area contributed by atoms with Crippen molar-refractivity contribution in [2.75, 3.05) is 13.1 Å². The van der Waals surface area contributed by atoms with Gasteiger partial charge in [-0.05, 0) is 67.8 Å². The van der Waals surface area contributed by atoms with Crippen LogP contribution in [0, 0.1) is 5.92 Å². The second kappa shape index (κ2) is 6.17. The van der Waals surface area contributed by atoms with Gasteiger partial charge in [0.2, 0.25) is 0 Å². The summed E-state index contributed by atoms with van der Waals surface area (Å²) >= 11 is 3.58. The molecule has 0 bridgehead atoms. The number of hydrogen-bond donors (Lipinski definition) is 1. The van der Waals surface area contributed by atoms with Gasteiger partial charge < -0.3 is 5.73 Å². The van der Waals surface area contributed by atoms with Gasteiger partial charge in [0.15, 0.2) is 0 Å². The lowest BCUT2D eigenvalue weighted by Crippen LogP contribution is -2.52. The average molecular weight is 337 g/mol. The van der Waals surface area contributed by atoms with E-state index in [4.69, 9.17) is 5.73 Å². The van der Waals surface area contributed by atoms with E-state index in [1.165, 1.54) is 48.7 Å². The summed E-state index contributed by atoms with van der Waals surface area (Å²) < 4.78 is 1.21. The Hall–Kier alpha value is -0.380. The summed E-state index contributed by atoms with van der Waals surface area (Å²) in [4.78, 5) is 2.71. The summed E-state index contributed by atoms with van der Waals surface area (Å²) in [6.07, 6.45) is 6.31. The standard InChI is InChI=1S/C17H25BrN2/c1-12-6-7-20(17(8-12)11-19)16-5-3-13-9-15(18)4-2-14(13)10-16/h2,4,9,12,16-17H,3,5-8,10-11,19H2,1H3. The first-order valence-electron chi connectivity index (χ1n) is 7.90. The second-order valence-electron chi connectivity index (χ2n) is 6.57. The summed E-state index contributed by atoms with van der Waals surface area (Å²) in [6, 6.07) is 8.07. The molecule has 1 aliphatic heterocycles. The zero-order valence-corrected chi connectivity index (χ0v) is 13.9. The molecule has 0 aromatic heterocycles. The van der Waals surface area contributed by atoms with E-state index in [1.54, 1.807) is 5.56 Å². The maximum atomic E-state index is 6.03. The first-order valence-corrected chi connectivity index (χ1v) is 8.69. The van der Waals surface area contributed by atoms with Gasteiger partial charge in [0, 0.05) is 23.1 Å². The number of halogens is 1. The number of hydrogen-bond acceptors (Lipinski definition) is 2. The lowest BCUT2D eigenvalue weighted by Gasteiger charge is -2.44. The fraction of sp³-hybridized carbons (Fsp3) is 0.647. The Kier molecular flexibility index (Phi) is 4.49. The quantitative estimate of drug-likeness (QED) is 0.897. The van der Waals surface area contributed by atoms with E-state index in [0.29, 0.717) is 12.1 Å². The van der Waals surface area contributed by atoms with Crippen LogP contribution in [-0.4, -0.2) is 30.1 Å². The van der Waals surface area contributed by atoms with Gasteiger partial charge in [-0.2, -0.15) is 0 Å². The molecule has 20 heavy (non-hydrogen) atoms. The van der Waals surface area contributed by atoms with Crippen LogP contribution in [-0.2, 0) is 12.8 Å². The van der Waals surface area contributed by atoms with Crippen LogP contribution in [0.25, 0.3) is 0 Å². The van der Waals surface area contributed by atoms with Gasteiger partial charge in [-0.15, -0.1) is 0 Å². The van der Waals surface area contributed by atoms with Crippen molar-refractivity contribution in [3.05, 3.63) is 33.8 Å². The lowest BCUT2D eigenvalue weighted by molar-refractivity contribution is 0.0690. The number of nitrogens with two attached hydrogens (primary N) is 1. The van der Waals surface area contributed by atoms with Crippen LogP contribution in [0.2, 0.25) is 0 Å². The second-order valence-corrected chi connectivity index (χ2v) is 7.48.